The van der Waals surface area contributed by atoms with Crippen molar-refractivity contribution in [3.63, 3.8) is 0 Å². The van der Waals surface area contributed by atoms with Crippen molar-refractivity contribution in [3.05, 3.63) is 223 Å². The van der Waals surface area contributed by atoms with Gasteiger partial charge >= 0.3 is 0 Å². The van der Waals surface area contributed by atoms with Crippen LogP contribution in [0.5, 0.6) is 0 Å². The molecule has 9 aromatic rings. The van der Waals surface area contributed by atoms with Crippen LogP contribution in [0.2, 0.25) is 0 Å². The predicted octanol–water partition coefficient (Wildman–Crippen LogP) is 17.3. The van der Waals surface area contributed by atoms with Crippen molar-refractivity contribution in [1.82, 2.24) is 0 Å². The molecule has 1 nitrogen and oxygen atoms in total. The maximum Gasteiger partial charge on any atom is 0.0540 e. The molecule has 1 saturated carbocycles. The summed E-state index contributed by atoms with van der Waals surface area (Å²) in [5, 5.41) is 2.72. The summed E-state index contributed by atoms with van der Waals surface area (Å²) in [6.45, 7) is 4.77. The highest BCUT2D eigenvalue weighted by molar-refractivity contribution is 6.03. The number of hydrogen-bond donors (Lipinski definition) is 0. The minimum atomic E-state index is -0.121. The molecule has 0 bridgehead atoms. The lowest BCUT2D eigenvalue weighted by Gasteiger charge is -2.30. The monoisotopic (exact) mass is 797 g/mol. The molecule has 62 heavy (non-hydrogen) atoms. The first kappa shape index (κ1) is 38.0. The van der Waals surface area contributed by atoms with E-state index < -0.39 is 0 Å². The lowest BCUT2D eigenvalue weighted by molar-refractivity contribution is 0.445. The van der Waals surface area contributed by atoms with Crippen LogP contribution in [0.3, 0.4) is 0 Å². The van der Waals surface area contributed by atoms with E-state index in [1.807, 2.05) is 0 Å². The Balaban J connectivity index is 1.07. The molecule has 0 saturated heterocycles. The molecule has 1 heteroatoms. The molecule has 0 N–H and O–H groups in total. The average Bonchev–Trinajstić information content (AvgIpc) is 3.58. The molecule has 0 unspecified atom stereocenters. The second-order valence-corrected chi connectivity index (χ2v) is 17.9. The third-order valence-corrected chi connectivity index (χ3v) is 13.9. The van der Waals surface area contributed by atoms with Gasteiger partial charge in [0.25, 0.3) is 0 Å². The molecule has 9 aromatic carbocycles. The lowest BCUT2D eigenvalue weighted by Crippen LogP contribution is -2.16. The molecular weight excluding hydrogens is 747 g/mol. The Bertz CT molecular complexity index is 3050. The van der Waals surface area contributed by atoms with Crippen LogP contribution in [0.1, 0.15) is 68.6 Å². The van der Waals surface area contributed by atoms with Gasteiger partial charge in [0.05, 0.1) is 5.69 Å². The summed E-state index contributed by atoms with van der Waals surface area (Å²) in [5.41, 5.74) is 20.2. The van der Waals surface area contributed by atoms with Crippen molar-refractivity contribution in [2.24, 2.45) is 0 Å². The highest BCUT2D eigenvalue weighted by Gasteiger charge is 2.37. The Morgan fingerprint density at radius 3 is 1.71 bits per heavy atom. The van der Waals surface area contributed by atoms with Crippen molar-refractivity contribution in [2.45, 2.75) is 57.3 Å². The van der Waals surface area contributed by atoms with Gasteiger partial charge in [-0.3, -0.25) is 0 Å². The fourth-order valence-corrected chi connectivity index (χ4v) is 10.9. The first-order valence-corrected chi connectivity index (χ1v) is 22.5. The number of para-hydroxylation sites is 1. The smallest absolute Gasteiger partial charge is 0.0540 e. The Morgan fingerprint density at radius 2 is 0.952 bits per heavy atom. The van der Waals surface area contributed by atoms with Gasteiger partial charge in [-0.2, -0.15) is 0 Å². The first-order valence-electron chi connectivity index (χ1n) is 22.5. The van der Waals surface area contributed by atoms with Crippen molar-refractivity contribution in [2.75, 3.05) is 4.90 Å². The molecule has 0 amide bonds. The lowest BCUT2D eigenvalue weighted by atomic mass is 9.79. The van der Waals surface area contributed by atoms with E-state index in [2.05, 4.69) is 225 Å². The number of rotatable bonds is 8. The van der Waals surface area contributed by atoms with Gasteiger partial charge in [-0.25, -0.2) is 0 Å². The van der Waals surface area contributed by atoms with Gasteiger partial charge in [0.2, 0.25) is 0 Å². The second-order valence-electron chi connectivity index (χ2n) is 17.9. The Labute approximate surface area is 367 Å². The molecule has 2 aliphatic rings. The summed E-state index contributed by atoms with van der Waals surface area (Å²) in [4.78, 5) is 2.49. The van der Waals surface area contributed by atoms with Crippen LogP contribution in [0, 0.1) is 0 Å². The van der Waals surface area contributed by atoms with Gasteiger partial charge < -0.3 is 4.90 Å². The van der Waals surface area contributed by atoms with E-state index in [-0.39, 0.29) is 5.41 Å². The zero-order valence-corrected chi connectivity index (χ0v) is 35.7. The van der Waals surface area contributed by atoms with Crippen LogP contribution in [-0.2, 0) is 5.41 Å². The third-order valence-electron chi connectivity index (χ3n) is 13.9. The Morgan fingerprint density at radius 1 is 0.403 bits per heavy atom. The quantitative estimate of drug-likeness (QED) is 0.148. The largest absolute Gasteiger partial charge is 0.310 e. The Hall–Kier alpha value is -6.96. The van der Waals surface area contributed by atoms with E-state index in [4.69, 9.17) is 0 Å². The van der Waals surface area contributed by atoms with Crippen LogP contribution < -0.4 is 4.90 Å². The van der Waals surface area contributed by atoms with Crippen molar-refractivity contribution in [1.29, 1.82) is 0 Å². The summed E-state index contributed by atoms with van der Waals surface area (Å²) in [7, 11) is 0. The van der Waals surface area contributed by atoms with Gasteiger partial charge in [-0.15, -0.1) is 0 Å². The molecule has 1 fully saturated rings. The highest BCUT2D eigenvalue weighted by Crippen LogP contribution is 2.53. The van der Waals surface area contributed by atoms with Gasteiger partial charge in [0, 0.05) is 22.4 Å². The van der Waals surface area contributed by atoms with Gasteiger partial charge in [0.15, 0.2) is 0 Å². The van der Waals surface area contributed by atoms with E-state index in [0.717, 1.165) is 11.4 Å². The van der Waals surface area contributed by atoms with Gasteiger partial charge in [-0.05, 0) is 127 Å². The van der Waals surface area contributed by atoms with Crippen LogP contribution in [0.25, 0.3) is 66.4 Å². The molecule has 0 aliphatic heterocycles. The molecule has 2 aliphatic carbocycles. The minimum absolute atomic E-state index is 0.121. The normalized spacial score (nSPS) is 14.4. The van der Waals surface area contributed by atoms with E-state index in [0.29, 0.717) is 5.92 Å². The number of nitrogens with zero attached hydrogens (tertiary/aromatic N) is 1. The standard InChI is InChI=1S/C61H51N/c1-61(2)57-31-11-9-25-53(57)56-30-16-28-52(60(56)61)48-23-13-24-50(41-48)62(49-39-37-45(38-40-49)44-35-33-43(34-36-44)42-17-5-3-6-18-42)58-32-12-10-26-54(58)55-29-15-22-47-21-14-27-51(59(47)55)46-19-7-4-8-20-46/h3,5-6,9-18,21-41,46H,4,7-8,19-20H2,1-2H3. The van der Waals surface area contributed by atoms with E-state index in [1.165, 1.54) is 121 Å². The highest BCUT2D eigenvalue weighted by atomic mass is 15.1. The van der Waals surface area contributed by atoms with Crippen molar-refractivity contribution < 1.29 is 0 Å². The summed E-state index contributed by atoms with van der Waals surface area (Å²) in [6.07, 6.45) is 6.50. The number of hydrogen-bond acceptors (Lipinski definition) is 1. The van der Waals surface area contributed by atoms with Crippen molar-refractivity contribution >= 4 is 27.8 Å². The van der Waals surface area contributed by atoms with Crippen LogP contribution >= 0.6 is 0 Å². The molecule has 0 spiro atoms. The van der Waals surface area contributed by atoms with Crippen LogP contribution in [0.15, 0.2) is 206 Å². The molecular formula is C61H51N. The maximum atomic E-state index is 2.49. The molecule has 0 radical (unpaired) electrons. The third kappa shape index (κ3) is 6.64. The fraction of sp³-hybridized carbons (Fsp3) is 0.148. The topological polar surface area (TPSA) is 3.24 Å². The van der Waals surface area contributed by atoms with Crippen LogP contribution in [0.4, 0.5) is 17.1 Å². The molecule has 0 aromatic heterocycles. The zero-order chi connectivity index (χ0) is 41.6. The van der Waals surface area contributed by atoms with E-state index >= 15 is 0 Å². The second kappa shape index (κ2) is 15.8. The van der Waals surface area contributed by atoms with Crippen molar-refractivity contribution in [3.8, 4) is 55.6 Å². The molecule has 0 heterocycles. The summed E-state index contributed by atoms with van der Waals surface area (Å²) in [6, 6.07) is 76.8. The Kier molecular flexibility index (Phi) is 9.69. The minimum Gasteiger partial charge on any atom is -0.310 e. The average molecular weight is 798 g/mol. The summed E-state index contributed by atoms with van der Waals surface area (Å²) >= 11 is 0. The zero-order valence-electron chi connectivity index (χ0n) is 35.7. The summed E-state index contributed by atoms with van der Waals surface area (Å²) in [5.74, 6) is 0.589. The number of anilines is 3. The number of fused-ring (bicyclic) bond motifs is 4. The first-order chi connectivity index (χ1) is 30.5. The predicted molar refractivity (Wildman–Crippen MR) is 264 cm³/mol. The van der Waals surface area contributed by atoms with E-state index in [1.54, 1.807) is 0 Å². The maximum absolute atomic E-state index is 2.49. The molecule has 300 valence electrons. The summed E-state index contributed by atoms with van der Waals surface area (Å²) < 4.78 is 0. The van der Waals surface area contributed by atoms with Gasteiger partial charge in [-0.1, -0.05) is 209 Å². The molecule has 11 rings (SSSR count). The SMILES string of the molecule is CC1(C)c2ccccc2-c2cccc(-c3cccc(N(c4ccc(-c5ccc(-c6ccccc6)cc5)cc4)c4ccccc4-c4cccc5cccc(C6CCCCC6)c45)c3)c21. The number of benzene rings is 9. The van der Waals surface area contributed by atoms with E-state index in [9.17, 15) is 0 Å². The van der Waals surface area contributed by atoms with Crippen LogP contribution in [-0.4, -0.2) is 0 Å². The molecule has 0 atom stereocenters. The fourth-order valence-electron chi connectivity index (χ4n) is 10.9. The van der Waals surface area contributed by atoms with Gasteiger partial charge in [0.1, 0.15) is 0 Å².